The van der Waals surface area contributed by atoms with E-state index in [4.69, 9.17) is 10.8 Å². The SMILES string of the molecule is Cc1cccc(C2CC2(CN)C(=O)O)c1. The topological polar surface area (TPSA) is 63.3 Å². The Balaban J connectivity index is 2.26. The Kier molecular flexibility index (Phi) is 2.27. The molecule has 0 amide bonds. The summed E-state index contributed by atoms with van der Waals surface area (Å²) >= 11 is 0. The van der Waals surface area contributed by atoms with Crippen molar-refractivity contribution >= 4 is 5.97 Å². The summed E-state index contributed by atoms with van der Waals surface area (Å²) in [5.74, 6) is -0.670. The van der Waals surface area contributed by atoms with E-state index in [2.05, 4.69) is 0 Å². The molecule has 3 heteroatoms. The van der Waals surface area contributed by atoms with Crippen molar-refractivity contribution in [1.29, 1.82) is 0 Å². The van der Waals surface area contributed by atoms with Crippen LogP contribution in [0.3, 0.4) is 0 Å². The van der Waals surface area contributed by atoms with Gasteiger partial charge in [0, 0.05) is 12.5 Å². The van der Waals surface area contributed by atoms with Crippen molar-refractivity contribution in [2.45, 2.75) is 19.3 Å². The maximum atomic E-state index is 11.1. The molecule has 1 aromatic carbocycles. The predicted octanol–water partition coefficient (Wildman–Crippen LogP) is 1.51. The Morgan fingerprint density at radius 2 is 2.40 bits per heavy atom. The van der Waals surface area contributed by atoms with Gasteiger partial charge in [0.05, 0.1) is 5.41 Å². The summed E-state index contributed by atoms with van der Waals surface area (Å²) in [4.78, 5) is 11.1. The summed E-state index contributed by atoms with van der Waals surface area (Å²) in [5.41, 5.74) is 7.12. The molecule has 0 aromatic heterocycles. The van der Waals surface area contributed by atoms with Crippen LogP contribution in [0.5, 0.6) is 0 Å². The second-order valence-electron chi connectivity index (χ2n) is 4.34. The van der Waals surface area contributed by atoms with Crippen LogP contribution in [0.2, 0.25) is 0 Å². The van der Waals surface area contributed by atoms with E-state index in [0.29, 0.717) is 6.42 Å². The van der Waals surface area contributed by atoms with E-state index in [9.17, 15) is 4.79 Å². The predicted molar refractivity (Wildman–Crippen MR) is 57.7 cm³/mol. The highest BCUT2D eigenvalue weighted by atomic mass is 16.4. The highest BCUT2D eigenvalue weighted by Crippen LogP contribution is 2.58. The first-order chi connectivity index (χ1) is 7.10. The molecule has 0 radical (unpaired) electrons. The lowest BCUT2D eigenvalue weighted by molar-refractivity contribution is -0.143. The van der Waals surface area contributed by atoms with Crippen LogP contribution in [0, 0.1) is 12.3 Å². The van der Waals surface area contributed by atoms with Gasteiger partial charge in [0.2, 0.25) is 0 Å². The van der Waals surface area contributed by atoms with Gasteiger partial charge < -0.3 is 10.8 Å². The number of aliphatic carboxylic acids is 1. The highest BCUT2D eigenvalue weighted by Gasteiger charge is 2.59. The van der Waals surface area contributed by atoms with Crippen LogP contribution < -0.4 is 5.73 Å². The third-order valence-electron chi connectivity index (χ3n) is 3.31. The lowest BCUT2D eigenvalue weighted by Gasteiger charge is -2.09. The lowest BCUT2D eigenvalue weighted by atomic mass is 9.98. The standard InChI is InChI=1S/C12H15NO2/c1-8-3-2-4-9(5-8)10-6-12(10,7-13)11(14)15/h2-5,10H,6-7,13H2,1H3,(H,14,15). The van der Waals surface area contributed by atoms with Crippen molar-refractivity contribution in [3.63, 3.8) is 0 Å². The summed E-state index contributed by atoms with van der Waals surface area (Å²) in [6.45, 7) is 2.23. The van der Waals surface area contributed by atoms with Crippen LogP contribution in [0.15, 0.2) is 24.3 Å². The minimum atomic E-state index is -0.767. The van der Waals surface area contributed by atoms with Crippen molar-refractivity contribution < 1.29 is 9.90 Å². The lowest BCUT2D eigenvalue weighted by Crippen LogP contribution is -2.26. The smallest absolute Gasteiger partial charge is 0.311 e. The first kappa shape index (κ1) is 10.2. The second kappa shape index (κ2) is 3.35. The first-order valence-electron chi connectivity index (χ1n) is 5.10. The van der Waals surface area contributed by atoms with Gasteiger partial charge in [-0.2, -0.15) is 0 Å². The molecule has 80 valence electrons. The normalized spacial score (nSPS) is 28.8. The Hall–Kier alpha value is -1.35. The van der Waals surface area contributed by atoms with E-state index in [1.54, 1.807) is 0 Å². The summed E-state index contributed by atoms with van der Waals surface area (Å²) < 4.78 is 0. The molecule has 0 bridgehead atoms. The number of nitrogens with two attached hydrogens (primary N) is 1. The van der Waals surface area contributed by atoms with Gasteiger partial charge in [-0.15, -0.1) is 0 Å². The fraction of sp³-hybridized carbons (Fsp3) is 0.417. The molecule has 0 aliphatic heterocycles. The molecule has 1 aromatic rings. The quantitative estimate of drug-likeness (QED) is 0.786. The largest absolute Gasteiger partial charge is 0.481 e. The van der Waals surface area contributed by atoms with Gasteiger partial charge in [-0.25, -0.2) is 0 Å². The molecule has 0 saturated heterocycles. The number of hydrogen-bond donors (Lipinski definition) is 2. The number of carboxylic acids is 1. The number of hydrogen-bond acceptors (Lipinski definition) is 2. The van der Waals surface area contributed by atoms with Crippen molar-refractivity contribution in [3.05, 3.63) is 35.4 Å². The molecule has 1 aliphatic carbocycles. The molecule has 0 spiro atoms. The summed E-state index contributed by atoms with van der Waals surface area (Å²) in [5, 5.41) is 9.12. The average Bonchev–Trinajstić information content (AvgIpc) is 2.93. The second-order valence-corrected chi connectivity index (χ2v) is 4.34. The summed E-state index contributed by atoms with van der Waals surface area (Å²) in [7, 11) is 0. The van der Waals surface area contributed by atoms with E-state index in [0.717, 1.165) is 11.1 Å². The number of carboxylic acid groups (broad SMARTS) is 1. The van der Waals surface area contributed by atoms with Crippen molar-refractivity contribution in [2.24, 2.45) is 11.1 Å². The number of benzene rings is 1. The van der Waals surface area contributed by atoms with Gasteiger partial charge >= 0.3 is 5.97 Å². The molecular formula is C12H15NO2. The van der Waals surface area contributed by atoms with Gasteiger partial charge in [-0.05, 0) is 18.9 Å². The van der Waals surface area contributed by atoms with Crippen molar-refractivity contribution in [1.82, 2.24) is 0 Å². The minimum Gasteiger partial charge on any atom is -0.481 e. The van der Waals surface area contributed by atoms with Gasteiger partial charge in [0.1, 0.15) is 0 Å². The molecule has 1 fully saturated rings. The van der Waals surface area contributed by atoms with Crippen LogP contribution >= 0.6 is 0 Å². The van der Waals surface area contributed by atoms with Crippen LogP contribution in [-0.4, -0.2) is 17.6 Å². The fourth-order valence-corrected chi connectivity index (χ4v) is 2.18. The Labute approximate surface area is 88.9 Å². The molecule has 1 aliphatic rings. The molecule has 15 heavy (non-hydrogen) atoms. The van der Waals surface area contributed by atoms with Gasteiger partial charge in [-0.3, -0.25) is 4.79 Å². The third-order valence-corrected chi connectivity index (χ3v) is 3.31. The van der Waals surface area contributed by atoms with Gasteiger partial charge in [0.15, 0.2) is 0 Å². The van der Waals surface area contributed by atoms with Gasteiger partial charge in [0.25, 0.3) is 0 Å². The van der Waals surface area contributed by atoms with E-state index >= 15 is 0 Å². The Morgan fingerprint density at radius 1 is 1.67 bits per heavy atom. The zero-order valence-corrected chi connectivity index (χ0v) is 8.73. The van der Waals surface area contributed by atoms with Gasteiger partial charge in [-0.1, -0.05) is 29.8 Å². The monoisotopic (exact) mass is 205 g/mol. The maximum absolute atomic E-state index is 11.1. The minimum absolute atomic E-state index is 0.0971. The van der Waals surface area contributed by atoms with Crippen LogP contribution in [0.25, 0.3) is 0 Å². The zero-order valence-electron chi connectivity index (χ0n) is 8.73. The van der Waals surface area contributed by atoms with Crippen molar-refractivity contribution in [3.8, 4) is 0 Å². The number of aryl methyl sites for hydroxylation is 1. The van der Waals surface area contributed by atoms with E-state index in [1.807, 2.05) is 31.2 Å². The maximum Gasteiger partial charge on any atom is 0.311 e. The fourth-order valence-electron chi connectivity index (χ4n) is 2.18. The third kappa shape index (κ3) is 1.53. The molecule has 2 rings (SSSR count). The van der Waals surface area contributed by atoms with E-state index in [-0.39, 0.29) is 12.5 Å². The molecule has 2 unspecified atom stereocenters. The molecule has 2 atom stereocenters. The van der Waals surface area contributed by atoms with Crippen molar-refractivity contribution in [2.75, 3.05) is 6.54 Å². The average molecular weight is 205 g/mol. The summed E-state index contributed by atoms with van der Waals surface area (Å²) in [6.07, 6.45) is 0.669. The molecule has 1 saturated carbocycles. The molecular weight excluding hydrogens is 190 g/mol. The Bertz CT molecular complexity index is 402. The van der Waals surface area contributed by atoms with Crippen LogP contribution in [0.4, 0.5) is 0 Å². The highest BCUT2D eigenvalue weighted by molar-refractivity contribution is 5.81. The first-order valence-corrected chi connectivity index (χ1v) is 5.10. The Morgan fingerprint density at radius 3 is 2.87 bits per heavy atom. The van der Waals surface area contributed by atoms with E-state index in [1.165, 1.54) is 0 Å². The van der Waals surface area contributed by atoms with E-state index < -0.39 is 11.4 Å². The summed E-state index contributed by atoms with van der Waals surface area (Å²) in [6, 6.07) is 8.01. The number of carbonyl (C=O) groups is 1. The number of rotatable bonds is 3. The molecule has 0 heterocycles. The van der Waals surface area contributed by atoms with Crippen LogP contribution in [-0.2, 0) is 4.79 Å². The zero-order chi connectivity index (χ0) is 11.1. The van der Waals surface area contributed by atoms with Crippen LogP contribution in [0.1, 0.15) is 23.5 Å². The molecule has 3 nitrogen and oxygen atoms in total. The molecule has 3 N–H and O–H groups in total.